The minimum Gasteiger partial charge on any atom is -0.470 e. The maximum Gasteiger partial charge on any atom is 0.315 e. The summed E-state index contributed by atoms with van der Waals surface area (Å²) in [5.74, 6) is -1.67. The van der Waals surface area contributed by atoms with Gasteiger partial charge in [-0.05, 0) is 37.5 Å². The summed E-state index contributed by atoms with van der Waals surface area (Å²) in [6.07, 6.45) is 2.29. The molecule has 2 aromatic heterocycles. The number of halogens is 1. The van der Waals surface area contributed by atoms with Crippen LogP contribution in [0, 0.1) is 12.7 Å². The van der Waals surface area contributed by atoms with Crippen molar-refractivity contribution in [1.82, 2.24) is 19.7 Å². The smallest absolute Gasteiger partial charge is 0.315 e. The molecule has 166 valence electrons. The van der Waals surface area contributed by atoms with Gasteiger partial charge in [0.05, 0.1) is 12.2 Å². The average Bonchev–Trinajstić information content (AvgIpc) is 3.15. The predicted octanol–water partition coefficient (Wildman–Crippen LogP) is 2.94. The molecule has 1 N–H and O–H groups in total. The molecule has 0 aliphatic carbocycles. The summed E-state index contributed by atoms with van der Waals surface area (Å²) in [5, 5.41) is 7.10. The Bertz CT molecular complexity index is 1150. The minimum atomic E-state index is -0.756. The van der Waals surface area contributed by atoms with Crippen molar-refractivity contribution in [3.05, 3.63) is 60.0 Å². The molecule has 0 radical (unpaired) electrons. The lowest BCUT2D eigenvalue weighted by atomic mass is 10.1. The summed E-state index contributed by atoms with van der Waals surface area (Å²) in [6, 6.07) is 12.3. The Labute approximate surface area is 185 Å². The fourth-order valence-corrected chi connectivity index (χ4v) is 3.72. The van der Waals surface area contributed by atoms with Gasteiger partial charge in [0, 0.05) is 31.4 Å². The Morgan fingerprint density at radius 3 is 2.81 bits per heavy atom. The van der Waals surface area contributed by atoms with Crippen LogP contribution in [0.4, 0.5) is 10.2 Å². The van der Waals surface area contributed by atoms with Gasteiger partial charge >= 0.3 is 11.8 Å². The lowest BCUT2D eigenvalue weighted by Crippen LogP contribution is -2.48. The number of benzene rings is 1. The van der Waals surface area contributed by atoms with E-state index in [2.05, 4.69) is 15.4 Å². The van der Waals surface area contributed by atoms with Gasteiger partial charge in [0.2, 0.25) is 0 Å². The zero-order valence-corrected chi connectivity index (χ0v) is 17.9. The van der Waals surface area contributed by atoms with Gasteiger partial charge in [-0.3, -0.25) is 14.3 Å². The summed E-state index contributed by atoms with van der Waals surface area (Å²) < 4.78 is 21.0. The zero-order chi connectivity index (χ0) is 22.7. The summed E-state index contributed by atoms with van der Waals surface area (Å²) >= 11 is 0. The molecular weight excluding hydrogens is 413 g/mol. The second-order valence-corrected chi connectivity index (χ2v) is 7.73. The van der Waals surface area contributed by atoms with Crippen molar-refractivity contribution in [2.45, 2.75) is 25.9 Å². The van der Waals surface area contributed by atoms with E-state index >= 15 is 0 Å². The first kappa shape index (κ1) is 21.5. The number of rotatable bonds is 4. The fraction of sp³-hybridized carbons (Fsp3) is 0.304. The topological polar surface area (TPSA) is 89.4 Å². The fourth-order valence-electron chi connectivity index (χ4n) is 3.72. The molecule has 32 heavy (non-hydrogen) atoms. The molecule has 8 nitrogen and oxygen atoms in total. The molecule has 0 saturated carbocycles. The number of ether oxygens (including phenoxy) is 1. The molecule has 3 aromatic rings. The molecule has 3 heterocycles. The van der Waals surface area contributed by atoms with Crippen LogP contribution in [0.3, 0.4) is 0 Å². The van der Waals surface area contributed by atoms with Crippen molar-refractivity contribution in [2.75, 3.05) is 18.4 Å². The van der Waals surface area contributed by atoms with E-state index in [1.54, 1.807) is 13.1 Å². The third-order valence-electron chi connectivity index (χ3n) is 5.41. The highest BCUT2D eigenvalue weighted by molar-refractivity contribution is 6.39. The Morgan fingerprint density at radius 1 is 1.22 bits per heavy atom. The van der Waals surface area contributed by atoms with Crippen molar-refractivity contribution in [3.8, 4) is 17.1 Å². The lowest BCUT2D eigenvalue weighted by molar-refractivity contribution is -0.144. The molecule has 0 spiro atoms. The van der Waals surface area contributed by atoms with Crippen LogP contribution in [0.5, 0.6) is 5.88 Å². The minimum absolute atomic E-state index is 0.102. The van der Waals surface area contributed by atoms with Crippen molar-refractivity contribution in [1.29, 1.82) is 0 Å². The van der Waals surface area contributed by atoms with E-state index in [1.165, 1.54) is 27.9 Å². The quantitative estimate of drug-likeness (QED) is 0.634. The van der Waals surface area contributed by atoms with Crippen molar-refractivity contribution in [2.24, 2.45) is 7.05 Å². The van der Waals surface area contributed by atoms with Gasteiger partial charge in [0.1, 0.15) is 11.9 Å². The molecule has 1 aliphatic rings. The van der Waals surface area contributed by atoms with Gasteiger partial charge in [0.25, 0.3) is 5.88 Å². The van der Waals surface area contributed by atoms with Crippen LogP contribution >= 0.6 is 0 Å². The zero-order valence-electron chi connectivity index (χ0n) is 17.9. The standard InChI is InChI=1S/C23H24FN5O3/c1-15-7-3-4-9-17(15)19-13-20(28(2)27-19)26-21(30)23(31)29-12-6-8-16(14-29)32-22-18(24)10-5-11-25-22/h3-5,7,9-11,13,16H,6,8,12,14H2,1-2H3,(H,26,30). The molecule has 1 aliphatic heterocycles. The summed E-state index contributed by atoms with van der Waals surface area (Å²) in [5.41, 5.74) is 2.72. The first-order chi connectivity index (χ1) is 15.4. The van der Waals surface area contributed by atoms with Crippen molar-refractivity contribution < 1.29 is 18.7 Å². The molecular formula is C23H24FN5O3. The molecule has 1 unspecified atom stereocenters. The third kappa shape index (κ3) is 4.61. The van der Waals surface area contributed by atoms with Crippen LogP contribution in [-0.2, 0) is 16.6 Å². The summed E-state index contributed by atoms with van der Waals surface area (Å²) in [4.78, 5) is 30.7. The normalized spacial score (nSPS) is 16.0. The van der Waals surface area contributed by atoms with E-state index in [4.69, 9.17) is 4.74 Å². The number of piperidine rings is 1. The number of hydrogen-bond acceptors (Lipinski definition) is 5. The highest BCUT2D eigenvalue weighted by Gasteiger charge is 2.30. The van der Waals surface area contributed by atoms with Gasteiger partial charge < -0.3 is 15.0 Å². The predicted molar refractivity (Wildman–Crippen MR) is 116 cm³/mol. The van der Waals surface area contributed by atoms with Crippen LogP contribution in [0.1, 0.15) is 18.4 Å². The van der Waals surface area contributed by atoms with Crippen LogP contribution in [0.15, 0.2) is 48.7 Å². The van der Waals surface area contributed by atoms with Crippen LogP contribution < -0.4 is 10.1 Å². The maximum absolute atomic E-state index is 13.8. The Kier molecular flexibility index (Phi) is 6.16. The van der Waals surface area contributed by atoms with Gasteiger partial charge in [-0.15, -0.1) is 0 Å². The molecule has 9 heteroatoms. The average molecular weight is 437 g/mol. The molecule has 1 saturated heterocycles. The monoisotopic (exact) mass is 437 g/mol. The molecule has 1 aromatic carbocycles. The number of hydrogen-bond donors (Lipinski definition) is 1. The second kappa shape index (κ2) is 9.17. The van der Waals surface area contributed by atoms with Gasteiger partial charge in [-0.25, -0.2) is 9.37 Å². The lowest BCUT2D eigenvalue weighted by Gasteiger charge is -2.32. The number of nitrogens with zero attached hydrogens (tertiary/aromatic N) is 4. The van der Waals surface area contributed by atoms with Gasteiger partial charge in [-0.1, -0.05) is 24.3 Å². The highest BCUT2D eigenvalue weighted by atomic mass is 19.1. The number of anilines is 1. The number of aryl methyl sites for hydroxylation is 2. The largest absolute Gasteiger partial charge is 0.470 e. The van der Waals surface area contributed by atoms with E-state index in [1.807, 2.05) is 31.2 Å². The highest BCUT2D eigenvalue weighted by Crippen LogP contribution is 2.25. The number of aromatic nitrogens is 3. The third-order valence-corrected chi connectivity index (χ3v) is 5.41. The number of amides is 2. The van der Waals surface area contributed by atoms with E-state index in [-0.39, 0.29) is 12.4 Å². The first-order valence-corrected chi connectivity index (χ1v) is 10.4. The molecule has 1 fully saturated rings. The van der Waals surface area contributed by atoms with Crippen molar-refractivity contribution >= 4 is 17.6 Å². The maximum atomic E-state index is 13.8. The van der Waals surface area contributed by atoms with Crippen molar-refractivity contribution in [3.63, 3.8) is 0 Å². The van der Waals surface area contributed by atoms with Gasteiger partial charge in [0.15, 0.2) is 5.82 Å². The Hall–Kier alpha value is -3.75. The van der Waals surface area contributed by atoms with E-state index in [0.29, 0.717) is 30.9 Å². The van der Waals surface area contributed by atoms with E-state index in [9.17, 15) is 14.0 Å². The Balaban J connectivity index is 1.41. The first-order valence-electron chi connectivity index (χ1n) is 10.4. The number of carbonyl (C=O) groups excluding carboxylic acids is 2. The van der Waals surface area contributed by atoms with Crippen LogP contribution in [0.25, 0.3) is 11.3 Å². The summed E-state index contributed by atoms with van der Waals surface area (Å²) in [7, 11) is 1.70. The van der Waals surface area contributed by atoms with Crippen LogP contribution in [0.2, 0.25) is 0 Å². The van der Waals surface area contributed by atoms with E-state index in [0.717, 1.165) is 11.1 Å². The number of carbonyl (C=O) groups is 2. The SMILES string of the molecule is Cc1ccccc1-c1cc(NC(=O)C(=O)N2CCCC(Oc3ncccc3F)C2)n(C)n1. The molecule has 0 bridgehead atoms. The van der Waals surface area contributed by atoms with Crippen LogP contribution in [-0.4, -0.2) is 50.7 Å². The molecule has 2 amide bonds. The van der Waals surface area contributed by atoms with E-state index < -0.39 is 23.7 Å². The Morgan fingerprint density at radius 2 is 2.03 bits per heavy atom. The summed E-state index contributed by atoms with van der Waals surface area (Å²) in [6.45, 7) is 2.59. The number of pyridine rings is 1. The second-order valence-electron chi connectivity index (χ2n) is 7.73. The number of likely N-dealkylation sites (tertiary alicyclic amines) is 1. The molecule has 4 rings (SSSR count). The number of nitrogens with one attached hydrogen (secondary N) is 1. The van der Waals surface area contributed by atoms with Gasteiger partial charge in [-0.2, -0.15) is 5.10 Å². The molecule has 1 atom stereocenters.